The van der Waals surface area contributed by atoms with Gasteiger partial charge in [0, 0.05) is 24.1 Å². The fourth-order valence-corrected chi connectivity index (χ4v) is 7.24. The molecule has 6 rings (SSSR count). The van der Waals surface area contributed by atoms with Crippen LogP contribution in [0, 0.1) is 0 Å². The lowest BCUT2D eigenvalue weighted by Gasteiger charge is -2.35. The van der Waals surface area contributed by atoms with Gasteiger partial charge in [0.1, 0.15) is 12.6 Å². The van der Waals surface area contributed by atoms with Gasteiger partial charge >= 0.3 is 17.9 Å². The van der Waals surface area contributed by atoms with E-state index in [-0.39, 0.29) is 67.5 Å². The Kier molecular flexibility index (Phi) is 13.8. The van der Waals surface area contributed by atoms with E-state index in [2.05, 4.69) is 17.1 Å². The van der Waals surface area contributed by atoms with Crippen LogP contribution >= 0.6 is 24.8 Å². The Hall–Kier alpha value is -4.57. The molecule has 1 aromatic carbocycles. The van der Waals surface area contributed by atoms with E-state index in [0.717, 1.165) is 48.1 Å². The Morgan fingerprint density at radius 3 is 2.57 bits per heavy atom. The summed E-state index contributed by atoms with van der Waals surface area (Å²) >= 11 is 0. The highest BCUT2D eigenvalue weighted by Crippen LogP contribution is 2.47. The fraction of sp³-hybridized carbons (Fsp3) is 0.486. The van der Waals surface area contributed by atoms with Crippen LogP contribution in [-0.4, -0.2) is 70.0 Å². The molecule has 2 aromatic heterocycles. The van der Waals surface area contributed by atoms with Gasteiger partial charge in [-0.2, -0.15) is 0 Å². The summed E-state index contributed by atoms with van der Waals surface area (Å²) in [5.41, 5.74) is 13.8. The zero-order chi connectivity index (χ0) is 37.2. The topological polar surface area (TPSA) is 222 Å². The van der Waals surface area contributed by atoms with Crippen molar-refractivity contribution in [2.45, 2.75) is 102 Å². The molecule has 1 amide bonds. The molecule has 0 spiro atoms. The number of fused-ring (bicyclic) bond motifs is 5. The number of aromatic nitrogens is 2. The summed E-state index contributed by atoms with van der Waals surface area (Å²) in [4.78, 5) is 77.5. The highest BCUT2D eigenvalue weighted by molar-refractivity contribution is 6.11. The lowest BCUT2D eigenvalue weighted by molar-refractivity contribution is -0.189. The van der Waals surface area contributed by atoms with Crippen LogP contribution in [0.15, 0.2) is 34.1 Å². The minimum atomic E-state index is -1.97. The number of benzene rings is 1. The second kappa shape index (κ2) is 17.7. The number of anilines is 1. The summed E-state index contributed by atoms with van der Waals surface area (Å²) in [6, 6.07) is 5.06. The highest BCUT2D eigenvalue weighted by atomic mass is 35.5. The smallest absolute Gasteiger partial charge is 0.355 e. The van der Waals surface area contributed by atoms with Gasteiger partial charge in [-0.05, 0) is 56.8 Å². The number of hydrogen-bond donors (Lipinski definition) is 4. The molecular formula is C37H47Cl2N7O8. The minimum Gasteiger partial charge on any atom is -0.480 e. The van der Waals surface area contributed by atoms with E-state index in [1.54, 1.807) is 17.6 Å². The first-order valence-corrected chi connectivity index (χ1v) is 18.0. The van der Waals surface area contributed by atoms with Gasteiger partial charge in [-0.3, -0.25) is 14.4 Å². The number of unbranched alkanes of at least 4 members (excludes halogenated alkanes) is 3. The summed E-state index contributed by atoms with van der Waals surface area (Å²) in [6.45, 7) is 4.91. The molecule has 0 aliphatic carbocycles. The number of carboxylic acid groups (broad SMARTS) is 1. The average Bonchev–Trinajstić information content (AvgIpc) is 3.50. The van der Waals surface area contributed by atoms with Crippen molar-refractivity contribution in [2.75, 3.05) is 18.0 Å². The number of aliphatic carboxylic acids is 1. The molecule has 17 heteroatoms. The van der Waals surface area contributed by atoms with Gasteiger partial charge in [-0.1, -0.05) is 39.2 Å². The molecule has 0 fully saturated rings. The van der Waals surface area contributed by atoms with Gasteiger partial charge < -0.3 is 40.8 Å². The maximum atomic E-state index is 14.2. The van der Waals surface area contributed by atoms with Crippen LogP contribution in [0.1, 0.15) is 88.3 Å². The molecule has 15 nitrogen and oxygen atoms in total. The minimum absolute atomic E-state index is 0. The second-order valence-corrected chi connectivity index (χ2v) is 13.5. The van der Waals surface area contributed by atoms with Crippen molar-refractivity contribution in [3.8, 4) is 11.4 Å². The largest absolute Gasteiger partial charge is 0.480 e. The number of carboxylic acids is 1. The van der Waals surface area contributed by atoms with Gasteiger partial charge in [-0.25, -0.2) is 19.6 Å². The SMILES string of the molecule is CCCCCN1C=Nc2cccc3nc4c(c1c23)Cn1c-4cc2c(c1=O)COC(=O)[C@@]2(CC)OC(=O)CC[C@H](NC(=O)[C@H](N)CCCCN)C(=O)O.Cl.Cl. The van der Waals surface area contributed by atoms with Gasteiger partial charge in [0.25, 0.3) is 5.56 Å². The molecule has 0 radical (unpaired) electrons. The molecule has 3 atom stereocenters. The molecule has 0 saturated heterocycles. The molecular weight excluding hydrogens is 741 g/mol. The maximum absolute atomic E-state index is 14.2. The third-order valence-corrected chi connectivity index (χ3v) is 10.1. The Morgan fingerprint density at radius 2 is 1.87 bits per heavy atom. The van der Waals surface area contributed by atoms with Crippen molar-refractivity contribution in [1.29, 1.82) is 0 Å². The van der Waals surface area contributed by atoms with Crippen LogP contribution in [0.4, 0.5) is 11.4 Å². The number of amides is 1. The van der Waals surface area contributed by atoms with E-state index in [1.165, 1.54) is 0 Å². The Balaban J connectivity index is 0.00000325. The summed E-state index contributed by atoms with van der Waals surface area (Å²) in [5.74, 6) is -3.75. The summed E-state index contributed by atoms with van der Waals surface area (Å²) < 4.78 is 13.0. The zero-order valence-electron chi connectivity index (χ0n) is 30.3. The highest BCUT2D eigenvalue weighted by Gasteiger charge is 2.50. The van der Waals surface area contributed by atoms with Crippen LogP contribution in [0.2, 0.25) is 0 Å². The number of nitrogens with zero attached hydrogens (tertiary/aromatic N) is 4. The Bertz CT molecular complexity index is 2020. The van der Waals surface area contributed by atoms with Crippen LogP contribution in [-0.2, 0) is 47.4 Å². The van der Waals surface area contributed by atoms with Crippen molar-refractivity contribution in [3.63, 3.8) is 0 Å². The summed E-state index contributed by atoms with van der Waals surface area (Å²) in [5, 5.41) is 13.1. The van der Waals surface area contributed by atoms with Crippen molar-refractivity contribution >= 4 is 77.2 Å². The van der Waals surface area contributed by atoms with Gasteiger partial charge in [0.2, 0.25) is 11.5 Å². The number of hydrogen-bond acceptors (Lipinski definition) is 12. The lowest BCUT2D eigenvalue weighted by atomic mass is 9.85. The Morgan fingerprint density at radius 1 is 1.09 bits per heavy atom. The van der Waals surface area contributed by atoms with E-state index in [1.807, 2.05) is 24.5 Å². The predicted molar refractivity (Wildman–Crippen MR) is 208 cm³/mol. The number of nitrogens with two attached hydrogens (primary N) is 2. The second-order valence-electron chi connectivity index (χ2n) is 13.5. The quantitative estimate of drug-likeness (QED) is 0.0937. The third kappa shape index (κ3) is 7.81. The fourth-order valence-electron chi connectivity index (χ4n) is 7.24. The van der Waals surface area contributed by atoms with Gasteiger partial charge in [-0.15, -0.1) is 24.8 Å². The number of cyclic esters (lactones) is 1. The number of nitrogens with one attached hydrogen (secondary N) is 1. The van der Waals surface area contributed by atoms with E-state index in [9.17, 15) is 29.1 Å². The number of carbonyl (C=O) groups is 4. The van der Waals surface area contributed by atoms with Crippen LogP contribution < -0.4 is 27.2 Å². The number of pyridine rings is 2. The first-order valence-electron chi connectivity index (χ1n) is 18.0. The van der Waals surface area contributed by atoms with Crippen LogP contribution in [0.5, 0.6) is 0 Å². The van der Waals surface area contributed by atoms with Crippen LogP contribution in [0.25, 0.3) is 22.3 Å². The molecule has 6 N–H and O–H groups in total. The summed E-state index contributed by atoms with van der Waals surface area (Å²) in [6.07, 6.45) is 5.66. The average molecular weight is 789 g/mol. The number of ether oxygens (including phenoxy) is 2. The molecule has 292 valence electrons. The molecule has 0 saturated carbocycles. The predicted octanol–water partition coefficient (Wildman–Crippen LogP) is 3.95. The van der Waals surface area contributed by atoms with Crippen molar-refractivity contribution in [1.82, 2.24) is 14.9 Å². The van der Waals surface area contributed by atoms with E-state index >= 15 is 0 Å². The zero-order valence-corrected chi connectivity index (χ0v) is 31.9. The molecule has 5 heterocycles. The molecule has 3 aliphatic rings. The first-order chi connectivity index (χ1) is 25.0. The van der Waals surface area contributed by atoms with Crippen LogP contribution in [0.3, 0.4) is 0 Å². The molecule has 3 aliphatic heterocycles. The van der Waals surface area contributed by atoms with E-state index in [0.29, 0.717) is 42.7 Å². The van der Waals surface area contributed by atoms with Gasteiger partial charge in [0.05, 0.1) is 58.2 Å². The first kappa shape index (κ1) is 42.2. The number of aliphatic imine (C=N–C) groups is 1. The number of halogens is 2. The Labute approximate surface area is 324 Å². The van der Waals surface area contributed by atoms with Crippen molar-refractivity contribution in [3.05, 3.63) is 51.3 Å². The number of esters is 2. The maximum Gasteiger partial charge on any atom is 0.355 e. The van der Waals surface area contributed by atoms with Crippen molar-refractivity contribution < 1.29 is 33.8 Å². The molecule has 0 bridgehead atoms. The standard InChI is InChI=1S/C37H45N7O8.2ClH/c1-3-5-8-16-43-20-40-25-11-9-12-26-30(25)32(43)21-18-44-28(31(21)41-26)17-23-22(34(44)47)19-51-36(50)37(23,4-2)52-29(45)14-13-27(35(48)49)42-33(46)24(39)10-6-7-15-38;;/h9,11-12,17,20,24,27H,3-8,10,13-16,18-19,38-39H2,1-2H3,(H,42,46)(H,48,49);2*1H/t24-,27+,37+;;/m1../s1. The molecule has 0 unspecified atom stereocenters. The normalized spacial score (nSPS) is 17.3. The van der Waals surface area contributed by atoms with Crippen molar-refractivity contribution in [2.24, 2.45) is 16.5 Å². The van der Waals surface area contributed by atoms with E-state index in [4.69, 9.17) is 30.9 Å². The number of carbonyl (C=O) groups excluding carboxylic acids is 3. The lowest BCUT2D eigenvalue weighted by Crippen LogP contribution is -2.49. The molecule has 3 aromatic rings. The van der Waals surface area contributed by atoms with E-state index < -0.39 is 47.9 Å². The monoisotopic (exact) mass is 787 g/mol. The third-order valence-electron chi connectivity index (χ3n) is 10.1. The van der Waals surface area contributed by atoms with Gasteiger partial charge in [0.15, 0.2) is 0 Å². The number of rotatable bonds is 16. The summed E-state index contributed by atoms with van der Waals surface area (Å²) in [7, 11) is 0. The molecule has 54 heavy (non-hydrogen) atoms.